The van der Waals surface area contributed by atoms with E-state index in [0.717, 1.165) is 5.56 Å². The molecule has 100 valence electrons. The Hall–Kier alpha value is -1.27. The number of anilines is 1. The van der Waals surface area contributed by atoms with E-state index in [2.05, 4.69) is 5.32 Å². The zero-order chi connectivity index (χ0) is 13.7. The van der Waals surface area contributed by atoms with Gasteiger partial charge in [0.2, 0.25) is 5.91 Å². The Balaban J connectivity index is 2.75. The number of halogens is 1. The monoisotopic (exact) mass is 273 g/mol. The molecule has 1 aromatic rings. The summed E-state index contributed by atoms with van der Waals surface area (Å²) in [7, 11) is -1.44. The molecule has 18 heavy (non-hydrogen) atoms. The van der Waals surface area contributed by atoms with Gasteiger partial charge in [0.25, 0.3) is 0 Å². The summed E-state index contributed by atoms with van der Waals surface area (Å²) in [6.07, 6.45) is 0. The molecule has 0 fully saturated rings. The van der Waals surface area contributed by atoms with Crippen LogP contribution in [0.5, 0.6) is 0 Å². The molecular formula is C12H16FNO3S. The summed E-state index contributed by atoms with van der Waals surface area (Å²) in [6, 6.07) is 4.08. The normalized spacial score (nSPS) is 14.0. The van der Waals surface area contributed by atoms with E-state index >= 15 is 0 Å². The third kappa shape index (κ3) is 3.89. The summed E-state index contributed by atoms with van der Waals surface area (Å²) in [5.41, 5.74) is 1.10. The van der Waals surface area contributed by atoms with Crippen LogP contribution in [-0.4, -0.2) is 32.8 Å². The quantitative estimate of drug-likeness (QED) is 0.847. The number of nitrogens with one attached hydrogen (secondary N) is 1. The minimum absolute atomic E-state index is 0.0523. The second-order valence-electron chi connectivity index (χ2n) is 3.90. The second-order valence-corrected chi connectivity index (χ2v) is 5.78. The maximum atomic E-state index is 13.0. The lowest BCUT2D eigenvalue weighted by Crippen LogP contribution is -2.31. The topological polar surface area (TPSA) is 66.4 Å². The first kappa shape index (κ1) is 14.8. The molecule has 6 heteroatoms. The lowest BCUT2D eigenvalue weighted by molar-refractivity contribution is -0.115. The third-order valence-corrected chi connectivity index (χ3v) is 4.10. The molecule has 1 amide bonds. The van der Waals surface area contributed by atoms with Crippen molar-refractivity contribution in [3.05, 3.63) is 29.6 Å². The first-order valence-corrected chi connectivity index (χ1v) is 6.89. The molecule has 2 atom stereocenters. The van der Waals surface area contributed by atoms with Gasteiger partial charge in [-0.05, 0) is 31.5 Å². The number of aliphatic hydroxyl groups excluding tert-OH is 1. The predicted octanol–water partition coefficient (Wildman–Crippen LogP) is 1.20. The number of carbonyl (C=O) groups excluding carboxylic acids is 1. The summed E-state index contributed by atoms with van der Waals surface area (Å²) in [4.78, 5) is 11.8. The highest BCUT2D eigenvalue weighted by molar-refractivity contribution is 7.86. The number of carbonyl (C=O) groups is 1. The van der Waals surface area contributed by atoms with Crippen LogP contribution in [-0.2, 0) is 15.6 Å². The maximum Gasteiger partial charge on any atom is 0.239 e. The molecule has 2 N–H and O–H groups in total. The molecule has 2 unspecified atom stereocenters. The van der Waals surface area contributed by atoms with Gasteiger partial charge in [-0.1, -0.05) is 6.07 Å². The highest BCUT2D eigenvalue weighted by Gasteiger charge is 2.20. The van der Waals surface area contributed by atoms with E-state index in [4.69, 9.17) is 5.11 Å². The molecule has 0 aliphatic carbocycles. The Bertz CT molecular complexity index is 465. The van der Waals surface area contributed by atoms with E-state index in [1.165, 1.54) is 19.1 Å². The fraction of sp³-hybridized carbons (Fsp3) is 0.417. The second kappa shape index (κ2) is 6.61. The lowest BCUT2D eigenvalue weighted by Gasteiger charge is -2.13. The molecule has 1 rings (SSSR count). The van der Waals surface area contributed by atoms with Crippen molar-refractivity contribution in [2.75, 3.05) is 17.7 Å². The molecule has 0 heterocycles. The van der Waals surface area contributed by atoms with Gasteiger partial charge in [-0.25, -0.2) is 4.39 Å². The van der Waals surface area contributed by atoms with Crippen molar-refractivity contribution in [1.82, 2.24) is 0 Å². The first-order valence-electron chi connectivity index (χ1n) is 5.50. The molecule has 0 saturated heterocycles. The van der Waals surface area contributed by atoms with Gasteiger partial charge >= 0.3 is 0 Å². The van der Waals surface area contributed by atoms with Crippen molar-refractivity contribution in [1.29, 1.82) is 0 Å². The Morgan fingerprint density at radius 3 is 2.83 bits per heavy atom. The highest BCUT2D eigenvalue weighted by atomic mass is 32.2. The fourth-order valence-corrected chi connectivity index (χ4v) is 2.18. The smallest absolute Gasteiger partial charge is 0.239 e. The van der Waals surface area contributed by atoms with Crippen LogP contribution in [0, 0.1) is 12.7 Å². The number of aliphatic hydroxyl groups is 1. The Kier molecular flexibility index (Phi) is 5.43. The summed E-state index contributed by atoms with van der Waals surface area (Å²) < 4.78 is 24.6. The number of amides is 1. The van der Waals surface area contributed by atoms with Gasteiger partial charge in [-0.2, -0.15) is 0 Å². The molecule has 0 spiro atoms. The van der Waals surface area contributed by atoms with Crippen molar-refractivity contribution in [2.24, 2.45) is 0 Å². The molecular weight excluding hydrogens is 257 g/mol. The Labute approximate surface area is 108 Å². The van der Waals surface area contributed by atoms with Crippen molar-refractivity contribution in [2.45, 2.75) is 19.1 Å². The first-order chi connectivity index (χ1) is 8.45. The zero-order valence-corrected chi connectivity index (χ0v) is 11.1. The van der Waals surface area contributed by atoms with Crippen molar-refractivity contribution >= 4 is 22.4 Å². The molecule has 4 nitrogen and oxygen atoms in total. The summed E-state index contributed by atoms with van der Waals surface area (Å²) in [5.74, 6) is -0.841. The molecule has 0 aliphatic heterocycles. The van der Waals surface area contributed by atoms with E-state index in [-0.39, 0.29) is 12.4 Å². The lowest BCUT2D eigenvalue weighted by atomic mass is 10.2. The van der Waals surface area contributed by atoms with Crippen molar-refractivity contribution in [3.63, 3.8) is 0 Å². The van der Waals surface area contributed by atoms with Crippen LogP contribution in [0.15, 0.2) is 18.2 Å². The molecule has 0 saturated carbocycles. The molecule has 0 bridgehead atoms. The van der Waals surface area contributed by atoms with Gasteiger partial charge in [-0.3, -0.25) is 9.00 Å². The number of hydrogen-bond acceptors (Lipinski definition) is 3. The van der Waals surface area contributed by atoms with Gasteiger partial charge in [-0.15, -0.1) is 0 Å². The number of benzene rings is 1. The van der Waals surface area contributed by atoms with E-state index in [1.807, 2.05) is 0 Å². The molecule has 0 radical (unpaired) electrons. The Morgan fingerprint density at radius 1 is 1.56 bits per heavy atom. The van der Waals surface area contributed by atoms with Gasteiger partial charge < -0.3 is 10.4 Å². The van der Waals surface area contributed by atoms with E-state index in [0.29, 0.717) is 5.69 Å². The number of hydrogen-bond donors (Lipinski definition) is 2. The average Bonchev–Trinajstić information content (AvgIpc) is 2.33. The van der Waals surface area contributed by atoms with Crippen LogP contribution < -0.4 is 5.32 Å². The standard InChI is InChI=1S/C12H16FNO3S/c1-8-3-4-10(13)7-11(8)14-12(16)9(2)18(17)6-5-15/h3-4,7,9,15H,5-6H2,1-2H3,(H,14,16). The van der Waals surface area contributed by atoms with Gasteiger partial charge in [0.15, 0.2) is 0 Å². The van der Waals surface area contributed by atoms with Crippen LogP contribution in [0.1, 0.15) is 12.5 Å². The number of aryl methyl sites for hydroxylation is 1. The largest absolute Gasteiger partial charge is 0.395 e. The van der Waals surface area contributed by atoms with Crippen LogP contribution in [0.25, 0.3) is 0 Å². The number of rotatable bonds is 5. The fourth-order valence-electron chi connectivity index (χ4n) is 1.35. The van der Waals surface area contributed by atoms with Gasteiger partial charge in [0.05, 0.1) is 6.61 Å². The highest BCUT2D eigenvalue weighted by Crippen LogP contribution is 2.16. The Morgan fingerprint density at radius 2 is 2.22 bits per heavy atom. The van der Waals surface area contributed by atoms with Crippen LogP contribution in [0.4, 0.5) is 10.1 Å². The summed E-state index contributed by atoms with van der Waals surface area (Å²) >= 11 is 0. The van der Waals surface area contributed by atoms with E-state index in [9.17, 15) is 13.4 Å². The van der Waals surface area contributed by atoms with Gasteiger partial charge in [0.1, 0.15) is 11.1 Å². The molecule has 0 aromatic heterocycles. The summed E-state index contributed by atoms with van der Waals surface area (Å²) in [5, 5.41) is 10.4. The zero-order valence-electron chi connectivity index (χ0n) is 10.3. The maximum absolute atomic E-state index is 13.0. The minimum atomic E-state index is -1.44. The van der Waals surface area contributed by atoms with E-state index < -0.39 is 27.8 Å². The van der Waals surface area contributed by atoms with Crippen LogP contribution >= 0.6 is 0 Å². The SMILES string of the molecule is Cc1ccc(F)cc1NC(=O)C(C)S(=O)CCO. The van der Waals surface area contributed by atoms with Crippen LogP contribution in [0.3, 0.4) is 0 Å². The summed E-state index contributed by atoms with van der Waals surface area (Å²) in [6.45, 7) is 3.02. The molecule has 0 aliphatic rings. The van der Waals surface area contributed by atoms with Crippen molar-refractivity contribution in [3.8, 4) is 0 Å². The minimum Gasteiger partial charge on any atom is -0.395 e. The molecule has 1 aromatic carbocycles. The average molecular weight is 273 g/mol. The van der Waals surface area contributed by atoms with E-state index in [1.54, 1.807) is 13.0 Å². The third-order valence-electron chi connectivity index (χ3n) is 2.51. The predicted molar refractivity (Wildman–Crippen MR) is 69.3 cm³/mol. The van der Waals surface area contributed by atoms with Gasteiger partial charge in [0, 0.05) is 22.2 Å². The van der Waals surface area contributed by atoms with Crippen LogP contribution in [0.2, 0.25) is 0 Å². The van der Waals surface area contributed by atoms with Crippen molar-refractivity contribution < 1.29 is 18.5 Å².